The van der Waals surface area contributed by atoms with Gasteiger partial charge in [-0.3, -0.25) is 4.79 Å². The summed E-state index contributed by atoms with van der Waals surface area (Å²) >= 11 is 0. The number of hydrogen-bond donors (Lipinski definition) is 8. The van der Waals surface area contributed by atoms with Crippen molar-refractivity contribution < 1.29 is 63.9 Å². The summed E-state index contributed by atoms with van der Waals surface area (Å²) in [6.45, 7) is 1.15. The summed E-state index contributed by atoms with van der Waals surface area (Å²) in [7, 11) is 0. The van der Waals surface area contributed by atoms with Crippen molar-refractivity contribution in [1.29, 1.82) is 0 Å². The van der Waals surface area contributed by atoms with E-state index in [0.717, 1.165) is 76.2 Å². The first-order valence-electron chi connectivity index (χ1n) is 19.0. The van der Waals surface area contributed by atoms with E-state index < -0.39 is 74.6 Å². The predicted molar refractivity (Wildman–Crippen MR) is 189 cm³/mol. The molecule has 3 rings (SSSR count). The van der Waals surface area contributed by atoms with Crippen molar-refractivity contribution in [2.75, 3.05) is 19.8 Å². The predicted octanol–water partition coefficient (Wildman–Crippen LogP) is 2.14. The molecule has 298 valence electrons. The number of carbonyl (C=O) groups is 1. The number of allylic oxidation sites excluding steroid dienone is 2. The summed E-state index contributed by atoms with van der Waals surface area (Å²) in [6, 6.07) is 6.34. The van der Waals surface area contributed by atoms with Crippen LogP contribution in [0.2, 0.25) is 0 Å². The fraction of sp³-hybridized carbons (Fsp3) is 0.763. The molecule has 2 aliphatic heterocycles. The van der Waals surface area contributed by atoms with Crippen LogP contribution in [0.3, 0.4) is 0 Å². The lowest BCUT2D eigenvalue weighted by molar-refractivity contribution is -0.371. The summed E-state index contributed by atoms with van der Waals surface area (Å²) in [5, 5.41) is 73.9. The van der Waals surface area contributed by atoms with Crippen LogP contribution in [0.25, 0.3) is 0 Å². The first kappa shape index (κ1) is 44.3. The van der Waals surface area contributed by atoms with Crippen LogP contribution in [-0.4, -0.2) is 129 Å². The highest BCUT2D eigenvalue weighted by atomic mass is 19.1. The number of benzene rings is 1. The van der Waals surface area contributed by atoms with Gasteiger partial charge in [-0.1, -0.05) is 62.8 Å². The maximum Gasteiger partial charge on any atom is 0.220 e. The number of carbonyl (C=O) groups excluding carboxylic acids is 1. The van der Waals surface area contributed by atoms with Crippen LogP contribution in [0.4, 0.5) is 4.39 Å². The average molecular weight is 744 g/mol. The maximum absolute atomic E-state index is 13.0. The molecule has 2 fully saturated rings. The first-order valence-corrected chi connectivity index (χ1v) is 19.0. The number of unbranched alkanes of at least 4 members (excludes halogenated alkanes) is 9. The second-order valence-corrected chi connectivity index (χ2v) is 13.9. The number of rotatable bonds is 24. The molecule has 0 bridgehead atoms. The molecule has 1 aromatic rings. The SMILES string of the molecule is CC(CCCCCC/C=C/CCCCCCCC(=O)NCCc1ccc(F)cc1)O[C@@H]1O[C@H](CO)[C@@H](O)[C@H](O)[C@H]1O[C@@H]1O[C@H](CO)[C@@H](O)[C@H](O)[C@H]1O. The van der Waals surface area contributed by atoms with Crippen LogP contribution < -0.4 is 5.32 Å². The standard InChI is InChI=1S/C38H62FNO12/c1-25(49-38-36(34(47)32(45)29(24-42)51-38)52-37-35(48)33(46)31(44)28(23-41)50-37)15-13-11-9-7-5-3-2-4-6-8-10-12-14-16-30(43)40-22-21-26-17-19-27(39)20-18-26/h2-3,17-20,25,28-29,31-38,41-42,44-48H,4-16,21-24H2,1H3,(H,40,43)/b3-2+/t25?,28-,29-,31-,32-,33+,34+,35-,36-,37+,38-/m1/s1. The summed E-state index contributed by atoms with van der Waals surface area (Å²) in [4.78, 5) is 12.0. The van der Waals surface area contributed by atoms with E-state index >= 15 is 0 Å². The minimum Gasteiger partial charge on any atom is -0.394 e. The van der Waals surface area contributed by atoms with Gasteiger partial charge in [-0.2, -0.15) is 0 Å². The highest BCUT2D eigenvalue weighted by Gasteiger charge is 2.51. The summed E-state index contributed by atoms with van der Waals surface area (Å²) in [5.41, 5.74) is 1.00. The van der Waals surface area contributed by atoms with Crippen molar-refractivity contribution in [3.63, 3.8) is 0 Å². The molecule has 0 saturated carbocycles. The van der Waals surface area contributed by atoms with E-state index in [-0.39, 0.29) is 17.8 Å². The highest BCUT2D eigenvalue weighted by molar-refractivity contribution is 5.75. The van der Waals surface area contributed by atoms with Crippen LogP contribution in [0.5, 0.6) is 0 Å². The van der Waals surface area contributed by atoms with Gasteiger partial charge in [0, 0.05) is 13.0 Å². The third-order valence-corrected chi connectivity index (χ3v) is 9.65. The van der Waals surface area contributed by atoms with E-state index in [0.29, 0.717) is 25.8 Å². The van der Waals surface area contributed by atoms with Gasteiger partial charge in [0.05, 0.1) is 19.3 Å². The van der Waals surface area contributed by atoms with Gasteiger partial charge in [0.2, 0.25) is 5.91 Å². The molecule has 11 atom stereocenters. The number of aliphatic hydroxyl groups is 7. The molecule has 1 amide bonds. The number of aliphatic hydroxyl groups excluding tert-OH is 7. The Bertz CT molecular complexity index is 1140. The normalized spacial score (nSPS) is 30.1. The monoisotopic (exact) mass is 743 g/mol. The second kappa shape index (κ2) is 24.4. The lowest BCUT2D eigenvalue weighted by Gasteiger charge is -2.46. The third-order valence-electron chi connectivity index (χ3n) is 9.65. The van der Waals surface area contributed by atoms with Crippen LogP contribution in [0.15, 0.2) is 36.4 Å². The molecule has 0 aromatic heterocycles. The molecular weight excluding hydrogens is 681 g/mol. The lowest BCUT2D eigenvalue weighted by Crippen LogP contribution is -2.64. The number of amides is 1. The van der Waals surface area contributed by atoms with E-state index in [9.17, 15) is 44.9 Å². The third kappa shape index (κ3) is 15.0. The topological polar surface area (TPSA) is 208 Å². The minimum atomic E-state index is -1.72. The zero-order valence-corrected chi connectivity index (χ0v) is 30.4. The minimum absolute atomic E-state index is 0.0671. The van der Waals surface area contributed by atoms with Crippen LogP contribution in [0, 0.1) is 5.82 Å². The number of ether oxygens (including phenoxy) is 4. The molecule has 2 aliphatic rings. The van der Waals surface area contributed by atoms with E-state index in [1.165, 1.54) is 12.1 Å². The lowest BCUT2D eigenvalue weighted by atomic mass is 9.97. The highest BCUT2D eigenvalue weighted by Crippen LogP contribution is 2.30. The Hall–Kier alpha value is -2.08. The van der Waals surface area contributed by atoms with Crippen molar-refractivity contribution in [2.24, 2.45) is 0 Å². The number of hydrogen-bond acceptors (Lipinski definition) is 12. The molecular formula is C38H62FNO12. The van der Waals surface area contributed by atoms with E-state index in [2.05, 4.69) is 17.5 Å². The second-order valence-electron chi connectivity index (χ2n) is 13.9. The van der Waals surface area contributed by atoms with Crippen LogP contribution in [0.1, 0.15) is 96.0 Å². The van der Waals surface area contributed by atoms with Gasteiger partial charge in [-0.15, -0.1) is 0 Å². The molecule has 14 heteroatoms. The van der Waals surface area contributed by atoms with Crippen LogP contribution >= 0.6 is 0 Å². The zero-order valence-electron chi connectivity index (χ0n) is 30.4. The largest absolute Gasteiger partial charge is 0.394 e. The van der Waals surface area contributed by atoms with Crippen molar-refractivity contribution in [2.45, 2.75) is 164 Å². The fourth-order valence-electron chi connectivity index (χ4n) is 6.39. The molecule has 0 aliphatic carbocycles. The van der Waals surface area contributed by atoms with E-state index in [1.54, 1.807) is 12.1 Å². The van der Waals surface area contributed by atoms with Crippen LogP contribution in [-0.2, 0) is 30.2 Å². The molecule has 8 N–H and O–H groups in total. The quantitative estimate of drug-likeness (QED) is 0.0567. The molecule has 1 aromatic carbocycles. The van der Waals surface area contributed by atoms with Crippen molar-refractivity contribution in [3.8, 4) is 0 Å². The van der Waals surface area contributed by atoms with Gasteiger partial charge in [0.15, 0.2) is 12.6 Å². The Morgan fingerprint density at radius 3 is 1.96 bits per heavy atom. The van der Waals surface area contributed by atoms with Gasteiger partial charge in [0.25, 0.3) is 0 Å². The van der Waals surface area contributed by atoms with Gasteiger partial charge >= 0.3 is 0 Å². The maximum atomic E-state index is 13.0. The van der Waals surface area contributed by atoms with Crippen molar-refractivity contribution >= 4 is 5.91 Å². The van der Waals surface area contributed by atoms with Gasteiger partial charge in [0.1, 0.15) is 54.6 Å². The smallest absolute Gasteiger partial charge is 0.220 e. The van der Waals surface area contributed by atoms with Gasteiger partial charge < -0.3 is 60.0 Å². The number of halogens is 1. The fourth-order valence-corrected chi connectivity index (χ4v) is 6.39. The Balaban J connectivity index is 1.22. The van der Waals surface area contributed by atoms with Gasteiger partial charge in [-0.05, 0) is 69.6 Å². The zero-order chi connectivity index (χ0) is 37.9. The molecule has 2 saturated heterocycles. The molecule has 13 nitrogen and oxygen atoms in total. The molecule has 52 heavy (non-hydrogen) atoms. The summed E-state index contributed by atoms with van der Waals surface area (Å²) in [6.07, 6.45) is 2.69. The van der Waals surface area contributed by atoms with Crippen molar-refractivity contribution in [3.05, 3.63) is 47.8 Å². The Morgan fingerprint density at radius 2 is 1.33 bits per heavy atom. The first-order chi connectivity index (χ1) is 25.0. The summed E-state index contributed by atoms with van der Waals surface area (Å²) < 4.78 is 35.8. The molecule has 0 radical (unpaired) electrons. The molecule has 1 unspecified atom stereocenters. The molecule has 0 spiro atoms. The number of nitrogens with one attached hydrogen (secondary N) is 1. The Morgan fingerprint density at radius 1 is 0.769 bits per heavy atom. The van der Waals surface area contributed by atoms with E-state index in [1.807, 2.05) is 6.92 Å². The average Bonchev–Trinajstić information content (AvgIpc) is 3.13. The van der Waals surface area contributed by atoms with Gasteiger partial charge in [-0.25, -0.2) is 4.39 Å². The van der Waals surface area contributed by atoms with Crippen molar-refractivity contribution in [1.82, 2.24) is 5.32 Å². The molecule has 2 heterocycles. The summed E-state index contributed by atoms with van der Waals surface area (Å²) in [5.74, 6) is -0.190. The Labute approximate surface area is 306 Å². The Kier molecular flexibility index (Phi) is 20.8. The van der Waals surface area contributed by atoms with E-state index in [4.69, 9.17) is 18.9 Å².